The Labute approximate surface area is 156 Å². The number of aryl methyl sites for hydroxylation is 1. The molecule has 0 aromatic heterocycles. The minimum absolute atomic E-state index is 0.0397. The van der Waals surface area contributed by atoms with Crippen molar-refractivity contribution in [2.24, 2.45) is 11.8 Å². The Bertz CT molecular complexity index is 780. The molecule has 4 atom stereocenters. The van der Waals surface area contributed by atoms with Crippen LogP contribution in [0.5, 0.6) is 5.75 Å². The Hall–Kier alpha value is -1.80. The summed E-state index contributed by atoms with van der Waals surface area (Å²) in [5.41, 5.74) is 3.34. The molecule has 1 fully saturated rings. The first-order valence-electron chi connectivity index (χ1n) is 10.0. The highest BCUT2D eigenvalue weighted by Crippen LogP contribution is 2.57. The Kier molecular flexibility index (Phi) is 4.35. The third kappa shape index (κ3) is 2.85. The van der Waals surface area contributed by atoms with Gasteiger partial charge in [-0.25, -0.2) is 0 Å². The second kappa shape index (κ2) is 6.42. The SMILES string of the molecule is CCC12C[C@@](C)(O)C(Cc3ccccc3)CC1CCc1cc(O)ccc12. The summed E-state index contributed by atoms with van der Waals surface area (Å²) in [4.78, 5) is 0. The van der Waals surface area contributed by atoms with Crippen molar-refractivity contribution in [3.63, 3.8) is 0 Å². The van der Waals surface area contributed by atoms with Gasteiger partial charge in [0.15, 0.2) is 0 Å². The molecule has 2 N–H and O–H groups in total. The third-order valence-corrected chi connectivity index (χ3v) is 7.25. The van der Waals surface area contributed by atoms with E-state index >= 15 is 0 Å². The summed E-state index contributed by atoms with van der Waals surface area (Å²) >= 11 is 0. The number of phenols is 1. The van der Waals surface area contributed by atoms with Crippen LogP contribution in [0, 0.1) is 11.8 Å². The first-order valence-corrected chi connectivity index (χ1v) is 10.0. The summed E-state index contributed by atoms with van der Waals surface area (Å²) in [6, 6.07) is 16.5. The Balaban J connectivity index is 1.68. The predicted octanol–water partition coefficient (Wildman–Crippen LogP) is 5.01. The van der Waals surface area contributed by atoms with E-state index in [-0.39, 0.29) is 5.41 Å². The van der Waals surface area contributed by atoms with Crippen LogP contribution in [-0.4, -0.2) is 15.8 Å². The van der Waals surface area contributed by atoms with Crippen LogP contribution in [-0.2, 0) is 18.3 Å². The molecule has 0 bridgehead atoms. The van der Waals surface area contributed by atoms with Gasteiger partial charge in [-0.1, -0.05) is 43.3 Å². The fourth-order valence-electron chi connectivity index (χ4n) is 5.87. The molecule has 0 spiro atoms. The smallest absolute Gasteiger partial charge is 0.115 e. The van der Waals surface area contributed by atoms with Crippen LogP contribution in [0.3, 0.4) is 0 Å². The molecule has 26 heavy (non-hydrogen) atoms. The molecule has 0 radical (unpaired) electrons. The lowest BCUT2D eigenvalue weighted by molar-refractivity contribution is -0.0874. The molecule has 138 valence electrons. The average molecular weight is 351 g/mol. The van der Waals surface area contributed by atoms with E-state index in [2.05, 4.69) is 43.3 Å². The molecule has 0 aliphatic heterocycles. The molecule has 2 nitrogen and oxygen atoms in total. The van der Waals surface area contributed by atoms with E-state index in [1.165, 1.54) is 16.7 Å². The molecule has 2 aromatic carbocycles. The molecular formula is C24H30O2. The quantitative estimate of drug-likeness (QED) is 0.817. The molecule has 0 saturated heterocycles. The summed E-state index contributed by atoms with van der Waals surface area (Å²) in [7, 11) is 0. The zero-order valence-corrected chi connectivity index (χ0v) is 15.9. The van der Waals surface area contributed by atoms with Gasteiger partial charge in [0.1, 0.15) is 5.75 Å². The fourth-order valence-corrected chi connectivity index (χ4v) is 5.87. The zero-order valence-electron chi connectivity index (χ0n) is 15.9. The van der Waals surface area contributed by atoms with E-state index in [1.807, 2.05) is 19.1 Å². The number of rotatable bonds is 3. The van der Waals surface area contributed by atoms with E-state index < -0.39 is 5.60 Å². The van der Waals surface area contributed by atoms with Crippen LogP contribution in [0.15, 0.2) is 48.5 Å². The van der Waals surface area contributed by atoms with E-state index in [0.29, 0.717) is 17.6 Å². The lowest BCUT2D eigenvalue weighted by Crippen LogP contribution is -2.54. The van der Waals surface area contributed by atoms with Crippen LogP contribution in [0.2, 0.25) is 0 Å². The molecule has 1 saturated carbocycles. The van der Waals surface area contributed by atoms with Crippen LogP contribution in [0.25, 0.3) is 0 Å². The van der Waals surface area contributed by atoms with Gasteiger partial charge in [-0.2, -0.15) is 0 Å². The van der Waals surface area contributed by atoms with Gasteiger partial charge in [0.2, 0.25) is 0 Å². The van der Waals surface area contributed by atoms with Crippen molar-refractivity contribution >= 4 is 0 Å². The lowest BCUT2D eigenvalue weighted by atomic mass is 9.50. The molecule has 0 heterocycles. The molecule has 2 aliphatic carbocycles. The Morgan fingerprint density at radius 1 is 1.12 bits per heavy atom. The molecule has 2 aliphatic rings. The minimum Gasteiger partial charge on any atom is -0.508 e. The highest BCUT2D eigenvalue weighted by molar-refractivity contribution is 5.43. The van der Waals surface area contributed by atoms with Crippen LogP contribution < -0.4 is 0 Å². The number of fused-ring (bicyclic) bond motifs is 3. The maximum atomic E-state index is 11.5. The molecular weight excluding hydrogens is 320 g/mol. The third-order valence-electron chi connectivity index (χ3n) is 7.25. The zero-order chi connectivity index (χ0) is 18.4. The molecule has 2 heteroatoms. The van der Waals surface area contributed by atoms with Crippen LogP contribution in [0.1, 0.15) is 56.2 Å². The second-order valence-corrected chi connectivity index (χ2v) is 8.74. The summed E-state index contributed by atoms with van der Waals surface area (Å²) in [5, 5.41) is 21.4. The van der Waals surface area contributed by atoms with Gasteiger partial charge in [0.25, 0.3) is 0 Å². The summed E-state index contributed by atoms with van der Waals surface area (Å²) in [6.45, 7) is 4.31. The van der Waals surface area contributed by atoms with Gasteiger partial charge < -0.3 is 10.2 Å². The first kappa shape index (κ1) is 17.6. The van der Waals surface area contributed by atoms with E-state index in [1.54, 1.807) is 0 Å². The van der Waals surface area contributed by atoms with E-state index in [0.717, 1.165) is 38.5 Å². The summed E-state index contributed by atoms with van der Waals surface area (Å²) < 4.78 is 0. The van der Waals surface area contributed by atoms with E-state index in [9.17, 15) is 10.2 Å². The van der Waals surface area contributed by atoms with E-state index in [4.69, 9.17) is 0 Å². The molecule has 0 amide bonds. The van der Waals surface area contributed by atoms with Gasteiger partial charge in [-0.05, 0) is 86.1 Å². The number of hydrogen-bond donors (Lipinski definition) is 2. The lowest BCUT2D eigenvalue weighted by Gasteiger charge is -2.56. The van der Waals surface area contributed by atoms with Gasteiger partial charge in [-0.15, -0.1) is 0 Å². The topological polar surface area (TPSA) is 40.5 Å². The maximum absolute atomic E-state index is 11.5. The van der Waals surface area contributed by atoms with Crippen molar-refractivity contribution in [3.05, 3.63) is 65.2 Å². The maximum Gasteiger partial charge on any atom is 0.115 e. The number of aromatic hydroxyl groups is 1. The predicted molar refractivity (Wildman–Crippen MR) is 105 cm³/mol. The summed E-state index contributed by atoms with van der Waals surface area (Å²) in [5.74, 6) is 1.27. The highest BCUT2D eigenvalue weighted by atomic mass is 16.3. The van der Waals surface area contributed by atoms with Gasteiger partial charge >= 0.3 is 0 Å². The Morgan fingerprint density at radius 2 is 1.88 bits per heavy atom. The van der Waals surface area contributed by atoms with Crippen molar-refractivity contribution in [3.8, 4) is 5.75 Å². The normalized spacial score (nSPS) is 33.3. The number of hydrogen-bond acceptors (Lipinski definition) is 2. The Morgan fingerprint density at radius 3 is 2.62 bits per heavy atom. The first-order chi connectivity index (χ1) is 12.4. The van der Waals surface area contributed by atoms with Crippen molar-refractivity contribution in [2.45, 2.75) is 63.4 Å². The van der Waals surface area contributed by atoms with Gasteiger partial charge in [-0.3, -0.25) is 0 Å². The molecule has 3 unspecified atom stereocenters. The van der Waals surface area contributed by atoms with Crippen molar-refractivity contribution in [2.75, 3.05) is 0 Å². The fraction of sp³-hybridized carbons (Fsp3) is 0.500. The van der Waals surface area contributed by atoms with Crippen molar-refractivity contribution in [1.82, 2.24) is 0 Å². The molecule has 2 aromatic rings. The second-order valence-electron chi connectivity index (χ2n) is 8.74. The van der Waals surface area contributed by atoms with Crippen LogP contribution >= 0.6 is 0 Å². The van der Waals surface area contributed by atoms with Crippen LogP contribution in [0.4, 0.5) is 0 Å². The number of phenolic OH excluding ortho intramolecular Hbond substituents is 1. The minimum atomic E-state index is -0.672. The van der Waals surface area contributed by atoms with Crippen molar-refractivity contribution in [1.29, 1.82) is 0 Å². The summed E-state index contributed by atoms with van der Waals surface area (Å²) in [6.07, 6.45) is 6.09. The van der Waals surface area contributed by atoms with Crippen molar-refractivity contribution < 1.29 is 10.2 Å². The average Bonchev–Trinajstić information content (AvgIpc) is 2.62. The number of aliphatic hydroxyl groups is 1. The standard InChI is InChI=1S/C24H30O2/c1-3-24-16-23(2,26)20(13-17-7-5-4-6-8-17)15-19(24)10-9-18-14-21(25)11-12-22(18)24/h4-8,11-12,14,19-20,25-26H,3,9-10,13,15-16H2,1-2H3/t19?,20?,23-,24?/m1/s1. The number of benzene rings is 2. The van der Waals surface area contributed by atoms with Gasteiger partial charge in [0, 0.05) is 5.41 Å². The highest BCUT2D eigenvalue weighted by Gasteiger charge is 2.53. The monoisotopic (exact) mass is 350 g/mol. The largest absolute Gasteiger partial charge is 0.508 e. The molecule has 4 rings (SSSR count). The van der Waals surface area contributed by atoms with Gasteiger partial charge in [0.05, 0.1) is 5.60 Å².